The molecule has 128 valence electrons. The van der Waals surface area contributed by atoms with Crippen LogP contribution >= 0.6 is 0 Å². The molecule has 1 heterocycles. The van der Waals surface area contributed by atoms with Crippen LogP contribution in [0.3, 0.4) is 0 Å². The molecule has 1 aliphatic heterocycles. The first-order valence-electron chi connectivity index (χ1n) is 9.38. The van der Waals surface area contributed by atoms with E-state index < -0.39 is 0 Å². The number of nitrogens with one attached hydrogen (secondary N) is 1. The van der Waals surface area contributed by atoms with Crippen molar-refractivity contribution in [1.82, 2.24) is 5.32 Å². The van der Waals surface area contributed by atoms with Gasteiger partial charge >= 0.3 is 0 Å². The lowest BCUT2D eigenvalue weighted by atomic mass is 9.76. The van der Waals surface area contributed by atoms with Gasteiger partial charge in [0.05, 0.1) is 5.60 Å². The standard InChI is InChI=1S/C21H33NO/c1-20(2)16-19(11-14-23-20)22-13-12-21(3,18-9-10-18)15-17-7-5-4-6-8-17/h4-8,18-19,22H,9-16H2,1-3H3/t19-,21+/m1/s1. The van der Waals surface area contributed by atoms with E-state index in [1.807, 2.05) is 0 Å². The van der Waals surface area contributed by atoms with E-state index in [0.29, 0.717) is 11.5 Å². The summed E-state index contributed by atoms with van der Waals surface area (Å²) in [5.41, 5.74) is 1.99. The molecular formula is C21H33NO. The van der Waals surface area contributed by atoms with Gasteiger partial charge in [-0.25, -0.2) is 0 Å². The fourth-order valence-corrected chi connectivity index (χ4v) is 4.25. The van der Waals surface area contributed by atoms with Crippen LogP contribution in [0, 0.1) is 11.3 Å². The zero-order valence-corrected chi connectivity index (χ0v) is 15.1. The number of hydrogen-bond acceptors (Lipinski definition) is 2. The second-order valence-corrected chi connectivity index (χ2v) is 8.59. The molecule has 0 radical (unpaired) electrons. The molecule has 2 aliphatic rings. The normalized spacial score (nSPS) is 26.7. The van der Waals surface area contributed by atoms with Crippen molar-refractivity contribution in [2.75, 3.05) is 13.2 Å². The summed E-state index contributed by atoms with van der Waals surface area (Å²) in [7, 11) is 0. The molecular weight excluding hydrogens is 282 g/mol. The minimum atomic E-state index is 0.0414. The molecule has 2 atom stereocenters. The van der Waals surface area contributed by atoms with Crippen molar-refractivity contribution in [3.63, 3.8) is 0 Å². The molecule has 1 saturated carbocycles. The second kappa shape index (κ2) is 6.94. The average molecular weight is 316 g/mol. The Morgan fingerprint density at radius 1 is 1.17 bits per heavy atom. The number of ether oxygens (including phenoxy) is 1. The van der Waals surface area contributed by atoms with Crippen molar-refractivity contribution in [3.8, 4) is 0 Å². The monoisotopic (exact) mass is 315 g/mol. The van der Waals surface area contributed by atoms with Gasteiger partial charge in [-0.2, -0.15) is 0 Å². The summed E-state index contributed by atoms with van der Waals surface area (Å²) in [6.45, 7) is 8.97. The van der Waals surface area contributed by atoms with Crippen molar-refractivity contribution in [3.05, 3.63) is 35.9 Å². The summed E-state index contributed by atoms with van der Waals surface area (Å²) in [6, 6.07) is 11.7. The summed E-state index contributed by atoms with van der Waals surface area (Å²) in [5.74, 6) is 0.927. The van der Waals surface area contributed by atoms with Gasteiger partial charge in [0.2, 0.25) is 0 Å². The van der Waals surface area contributed by atoms with Crippen LogP contribution in [0.1, 0.15) is 58.4 Å². The van der Waals surface area contributed by atoms with Gasteiger partial charge in [-0.3, -0.25) is 0 Å². The van der Waals surface area contributed by atoms with Crippen molar-refractivity contribution in [1.29, 1.82) is 0 Å². The highest BCUT2D eigenvalue weighted by molar-refractivity contribution is 5.17. The van der Waals surface area contributed by atoms with Gasteiger partial charge < -0.3 is 10.1 Å². The Labute approximate surface area is 142 Å². The molecule has 0 aromatic heterocycles. The third-order valence-electron chi connectivity index (χ3n) is 5.84. The van der Waals surface area contributed by atoms with Crippen molar-refractivity contribution >= 4 is 0 Å². The van der Waals surface area contributed by atoms with Crippen LogP contribution in [0.5, 0.6) is 0 Å². The van der Waals surface area contributed by atoms with E-state index in [0.717, 1.165) is 31.9 Å². The van der Waals surface area contributed by atoms with Gasteiger partial charge in [0.1, 0.15) is 0 Å². The predicted octanol–water partition coefficient (Wildman–Crippen LogP) is 4.58. The number of hydrogen-bond donors (Lipinski definition) is 1. The SMILES string of the molecule is CC1(C)C[C@H](NCC[C@@](C)(Cc2ccccc2)C2CC2)CCO1. The molecule has 0 bridgehead atoms. The van der Waals surface area contributed by atoms with Crippen LogP contribution in [0.4, 0.5) is 0 Å². The van der Waals surface area contributed by atoms with Gasteiger partial charge in [0, 0.05) is 12.6 Å². The van der Waals surface area contributed by atoms with E-state index in [4.69, 9.17) is 4.74 Å². The minimum absolute atomic E-state index is 0.0414. The first kappa shape index (κ1) is 17.0. The third kappa shape index (κ3) is 4.81. The largest absolute Gasteiger partial charge is 0.375 e. The lowest BCUT2D eigenvalue weighted by Crippen LogP contribution is -2.44. The summed E-state index contributed by atoms with van der Waals surface area (Å²) in [4.78, 5) is 0. The molecule has 0 amide bonds. The molecule has 2 nitrogen and oxygen atoms in total. The highest BCUT2D eigenvalue weighted by atomic mass is 16.5. The quantitative estimate of drug-likeness (QED) is 0.795. The molecule has 1 aliphatic carbocycles. The first-order chi connectivity index (χ1) is 11.0. The Balaban J connectivity index is 1.51. The zero-order valence-electron chi connectivity index (χ0n) is 15.1. The van der Waals surface area contributed by atoms with E-state index in [2.05, 4.69) is 56.4 Å². The fourth-order valence-electron chi connectivity index (χ4n) is 4.25. The highest BCUT2D eigenvalue weighted by Gasteiger charge is 2.41. The fraction of sp³-hybridized carbons (Fsp3) is 0.714. The van der Waals surface area contributed by atoms with Crippen molar-refractivity contribution in [2.24, 2.45) is 11.3 Å². The van der Waals surface area contributed by atoms with Crippen molar-refractivity contribution < 1.29 is 4.74 Å². The molecule has 1 aromatic carbocycles. The molecule has 0 spiro atoms. The topological polar surface area (TPSA) is 21.3 Å². The Bertz CT molecular complexity index is 494. The van der Waals surface area contributed by atoms with E-state index >= 15 is 0 Å². The first-order valence-corrected chi connectivity index (χ1v) is 9.38. The molecule has 1 saturated heterocycles. The van der Waals surface area contributed by atoms with Crippen LogP contribution in [0.15, 0.2) is 30.3 Å². The van der Waals surface area contributed by atoms with E-state index in [9.17, 15) is 0 Å². The van der Waals surface area contributed by atoms with Gasteiger partial charge in [-0.1, -0.05) is 37.3 Å². The van der Waals surface area contributed by atoms with Crippen molar-refractivity contribution in [2.45, 2.75) is 70.9 Å². The summed E-state index contributed by atoms with van der Waals surface area (Å²) in [5, 5.41) is 3.82. The third-order valence-corrected chi connectivity index (χ3v) is 5.84. The zero-order chi connectivity index (χ0) is 16.3. The molecule has 23 heavy (non-hydrogen) atoms. The van der Waals surface area contributed by atoms with Gasteiger partial charge in [-0.15, -0.1) is 0 Å². The Morgan fingerprint density at radius 3 is 2.57 bits per heavy atom. The van der Waals surface area contributed by atoms with Crippen LogP contribution in [0.2, 0.25) is 0 Å². The van der Waals surface area contributed by atoms with E-state index in [1.165, 1.54) is 31.2 Å². The maximum absolute atomic E-state index is 5.83. The molecule has 2 fully saturated rings. The Kier molecular flexibility index (Phi) is 5.13. The summed E-state index contributed by atoms with van der Waals surface area (Å²) >= 11 is 0. The molecule has 0 unspecified atom stereocenters. The highest BCUT2D eigenvalue weighted by Crippen LogP contribution is 2.49. The minimum Gasteiger partial charge on any atom is -0.375 e. The maximum atomic E-state index is 5.83. The molecule has 2 heteroatoms. The molecule has 1 N–H and O–H groups in total. The van der Waals surface area contributed by atoms with E-state index in [-0.39, 0.29) is 5.60 Å². The van der Waals surface area contributed by atoms with Gasteiger partial charge in [0.15, 0.2) is 0 Å². The smallest absolute Gasteiger partial charge is 0.0641 e. The predicted molar refractivity (Wildman–Crippen MR) is 96.6 cm³/mol. The molecule has 1 aromatic rings. The lowest BCUT2D eigenvalue weighted by molar-refractivity contribution is -0.0630. The van der Waals surface area contributed by atoms with Crippen LogP contribution in [-0.4, -0.2) is 24.8 Å². The van der Waals surface area contributed by atoms with Gasteiger partial charge in [-0.05, 0) is 75.8 Å². The van der Waals surface area contributed by atoms with Crippen LogP contribution in [0.25, 0.3) is 0 Å². The number of benzene rings is 1. The van der Waals surface area contributed by atoms with Gasteiger partial charge in [0.25, 0.3) is 0 Å². The average Bonchev–Trinajstić information content (AvgIpc) is 3.32. The second-order valence-electron chi connectivity index (χ2n) is 8.59. The lowest BCUT2D eigenvalue weighted by Gasteiger charge is -2.37. The Hall–Kier alpha value is -0.860. The molecule has 3 rings (SSSR count). The van der Waals surface area contributed by atoms with E-state index in [1.54, 1.807) is 0 Å². The van der Waals surface area contributed by atoms with Crippen LogP contribution < -0.4 is 5.32 Å². The maximum Gasteiger partial charge on any atom is 0.0641 e. The number of rotatable bonds is 7. The summed E-state index contributed by atoms with van der Waals surface area (Å²) in [6.07, 6.45) is 7.64. The summed E-state index contributed by atoms with van der Waals surface area (Å²) < 4.78 is 5.83. The van der Waals surface area contributed by atoms with Crippen LogP contribution in [-0.2, 0) is 11.2 Å². The Morgan fingerprint density at radius 2 is 1.91 bits per heavy atom.